The number of methoxy groups -OCH3 is 1. The average Bonchev–Trinajstić information content (AvgIpc) is 3.33. The summed E-state index contributed by atoms with van der Waals surface area (Å²) in [5, 5.41) is 2.45. The zero-order valence-electron chi connectivity index (χ0n) is 18.3. The van der Waals surface area contributed by atoms with Gasteiger partial charge >= 0.3 is 0 Å². The molecule has 1 heterocycles. The third kappa shape index (κ3) is 4.96. The van der Waals surface area contributed by atoms with Crippen LogP contribution in [-0.2, 0) is 10.0 Å². The normalized spacial score (nSPS) is 13.6. The monoisotopic (exact) mass is 487 g/mol. The predicted octanol–water partition coefficient (Wildman–Crippen LogP) is 4.63. The van der Waals surface area contributed by atoms with Crippen LogP contribution in [0.5, 0.6) is 5.75 Å². The van der Waals surface area contributed by atoms with E-state index >= 15 is 0 Å². The van der Waals surface area contributed by atoms with Crippen LogP contribution in [0.1, 0.15) is 23.2 Å². The van der Waals surface area contributed by atoms with E-state index in [0.29, 0.717) is 18.8 Å². The summed E-state index contributed by atoms with van der Waals surface area (Å²) in [6.07, 6.45) is 1.75. The van der Waals surface area contributed by atoms with Crippen molar-refractivity contribution in [1.82, 2.24) is 0 Å². The van der Waals surface area contributed by atoms with Crippen LogP contribution in [0.4, 0.5) is 25.8 Å². The summed E-state index contributed by atoms with van der Waals surface area (Å²) in [5.41, 5.74) is 0.277. The van der Waals surface area contributed by atoms with Crippen molar-refractivity contribution in [3.8, 4) is 5.75 Å². The Hall–Kier alpha value is -3.66. The van der Waals surface area contributed by atoms with E-state index in [1.54, 1.807) is 29.2 Å². The fourth-order valence-electron chi connectivity index (χ4n) is 3.80. The maximum atomic E-state index is 14.5. The molecule has 10 heteroatoms. The van der Waals surface area contributed by atoms with E-state index in [1.165, 1.54) is 31.4 Å². The van der Waals surface area contributed by atoms with Gasteiger partial charge in [-0.3, -0.25) is 9.52 Å². The molecule has 1 saturated heterocycles. The standard InChI is InChI=1S/C24H23F2N3O4S/c1-33-22-7-3-2-6-21(22)28-34(31,32)18-10-8-16(9-11-18)24(30)27-17-14-19(25)23(20(26)15-17)29-12-4-5-13-29/h2-3,6-11,14-15,28H,4-5,12-13H2,1H3,(H,27,30). The number of para-hydroxylation sites is 2. The van der Waals surface area contributed by atoms with Crippen LogP contribution in [0, 0.1) is 11.6 Å². The third-order valence-electron chi connectivity index (χ3n) is 5.48. The number of benzene rings is 3. The van der Waals surface area contributed by atoms with Gasteiger partial charge in [0.15, 0.2) is 11.6 Å². The molecule has 0 spiro atoms. The first kappa shape index (κ1) is 23.5. The number of carbonyl (C=O) groups is 1. The van der Waals surface area contributed by atoms with Gasteiger partial charge in [-0.25, -0.2) is 17.2 Å². The molecule has 0 bridgehead atoms. The van der Waals surface area contributed by atoms with Crippen molar-refractivity contribution < 1.29 is 26.7 Å². The number of sulfonamides is 1. The van der Waals surface area contributed by atoms with Gasteiger partial charge in [0.2, 0.25) is 0 Å². The lowest BCUT2D eigenvalue weighted by molar-refractivity contribution is 0.102. The van der Waals surface area contributed by atoms with E-state index < -0.39 is 27.6 Å². The van der Waals surface area contributed by atoms with Gasteiger partial charge in [0.05, 0.1) is 17.7 Å². The van der Waals surface area contributed by atoms with Crippen molar-refractivity contribution >= 4 is 33.0 Å². The number of nitrogens with one attached hydrogen (secondary N) is 2. The van der Waals surface area contributed by atoms with Crippen LogP contribution in [0.2, 0.25) is 0 Å². The quantitative estimate of drug-likeness (QED) is 0.508. The number of nitrogens with zero attached hydrogens (tertiary/aromatic N) is 1. The van der Waals surface area contributed by atoms with Crippen LogP contribution in [0.3, 0.4) is 0 Å². The van der Waals surface area contributed by atoms with Crippen LogP contribution in [-0.4, -0.2) is 34.5 Å². The molecule has 0 radical (unpaired) electrons. The Morgan fingerprint density at radius 1 is 0.971 bits per heavy atom. The number of rotatable bonds is 7. The van der Waals surface area contributed by atoms with E-state index in [4.69, 9.17) is 4.74 Å². The summed E-state index contributed by atoms with van der Waals surface area (Å²) in [7, 11) is -2.51. The molecule has 7 nitrogen and oxygen atoms in total. The Morgan fingerprint density at radius 3 is 2.21 bits per heavy atom. The lowest BCUT2D eigenvalue weighted by Crippen LogP contribution is -2.21. The SMILES string of the molecule is COc1ccccc1NS(=O)(=O)c1ccc(C(=O)Nc2cc(F)c(N3CCCC3)c(F)c2)cc1. The summed E-state index contributed by atoms with van der Waals surface area (Å²) in [5.74, 6) is -1.77. The molecule has 1 amide bonds. The topological polar surface area (TPSA) is 87.7 Å². The molecule has 0 aromatic heterocycles. The van der Waals surface area contributed by atoms with E-state index in [-0.39, 0.29) is 27.5 Å². The van der Waals surface area contributed by atoms with Gasteiger partial charge in [0, 0.05) is 24.3 Å². The highest BCUT2D eigenvalue weighted by molar-refractivity contribution is 7.92. The van der Waals surface area contributed by atoms with Crippen LogP contribution < -0.4 is 19.7 Å². The third-order valence-corrected chi connectivity index (χ3v) is 6.86. The van der Waals surface area contributed by atoms with Crippen LogP contribution in [0.25, 0.3) is 0 Å². The highest BCUT2D eigenvalue weighted by atomic mass is 32.2. The number of halogens is 2. The first-order chi connectivity index (χ1) is 16.3. The summed E-state index contributed by atoms with van der Waals surface area (Å²) in [6.45, 7) is 1.17. The minimum Gasteiger partial charge on any atom is -0.495 e. The second-order valence-corrected chi connectivity index (χ2v) is 9.45. The zero-order valence-corrected chi connectivity index (χ0v) is 19.2. The Morgan fingerprint density at radius 2 is 1.59 bits per heavy atom. The number of anilines is 3. The highest BCUT2D eigenvalue weighted by Gasteiger charge is 2.22. The molecule has 34 heavy (non-hydrogen) atoms. The molecule has 0 atom stereocenters. The summed E-state index contributed by atoms with van der Waals surface area (Å²) < 4.78 is 62.0. The van der Waals surface area contributed by atoms with Gasteiger partial charge in [-0.05, 0) is 61.4 Å². The molecular weight excluding hydrogens is 464 g/mol. The molecule has 1 aliphatic rings. The second kappa shape index (κ2) is 9.68. The molecule has 0 aliphatic carbocycles. The average molecular weight is 488 g/mol. The highest BCUT2D eigenvalue weighted by Crippen LogP contribution is 2.30. The lowest BCUT2D eigenvalue weighted by atomic mass is 10.2. The smallest absolute Gasteiger partial charge is 0.262 e. The van der Waals surface area contributed by atoms with Gasteiger partial charge < -0.3 is 15.0 Å². The van der Waals surface area contributed by atoms with Crippen LogP contribution >= 0.6 is 0 Å². The van der Waals surface area contributed by atoms with Gasteiger partial charge in [-0.15, -0.1) is 0 Å². The maximum absolute atomic E-state index is 14.5. The molecule has 3 aromatic carbocycles. The Labute approximate surface area is 196 Å². The fraction of sp³-hybridized carbons (Fsp3) is 0.208. The summed E-state index contributed by atoms with van der Waals surface area (Å²) in [4.78, 5) is 14.1. The Balaban J connectivity index is 1.48. The minimum absolute atomic E-state index is 0.0301. The van der Waals surface area contributed by atoms with E-state index in [9.17, 15) is 22.0 Å². The van der Waals surface area contributed by atoms with Crippen molar-refractivity contribution in [3.05, 3.63) is 77.9 Å². The summed E-state index contributed by atoms with van der Waals surface area (Å²) >= 11 is 0. The van der Waals surface area contributed by atoms with E-state index in [2.05, 4.69) is 10.0 Å². The molecule has 1 fully saturated rings. The Bertz CT molecular complexity index is 1290. The predicted molar refractivity (Wildman–Crippen MR) is 126 cm³/mol. The first-order valence-corrected chi connectivity index (χ1v) is 12.1. The maximum Gasteiger partial charge on any atom is 0.262 e. The number of carbonyl (C=O) groups excluding carboxylic acids is 1. The molecule has 4 rings (SSSR count). The molecule has 3 aromatic rings. The molecule has 2 N–H and O–H groups in total. The number of ether oxygens (including phenoxy) is 1. The first-order valence-electron chi connectivity index (χ1n) is 10.6. The molecule has 1 aliphatic heterocycles. The van der Waals surface area contributed by atoms with Crippen LogP contribution in [0.15, 0.2) is 65.6 Å². The van der Waals surface area contributed by atoms with Gasteiger partial charge in [0.1, 0.15) is 11.4 Å². The van der Waals surface area contributed by atoms with Crippen molar-refractivity contribution in [3.63, 3.8) is 0 Å². The van der Waals surface area contributed by atoms with Crippen molar-refractivity contribution in [2.45, 2.75) is 17.7 Å². The Kier molecular flexibility index (Phi) is 6.69. The zero-order chi connectivity index (χ0) is 24.3. The largest absolute Gasteiger partial charge is 0.495 e. The lowest BCUT2D eigenvalue weighted by Gasteiger charge is -2.19. The van der Waals surface area contributed by atoms with Gasteiger partial charge in [0.25, 0.3) is 15.9 Å². The van der Waals surface area contributed by atoms with Crippen molar-refractivity contribution in [1.29, 1.82) is 0 Å². The second-order valence-electron chi connectivity index (χ2n) is 7.77. The summed E-state index contributed by atoms with van der Waals surface area (Å²) in [6, 6.07) is 13.9. The van der Waals surface area contributed by atoms with E-state index in [1.807, 2.05) is 0 Å². The number of hydrogen-bond acceptors (Lipinski definition) is 5. The number of hydrogen-bond donors (Lipinski definition) is 2. The number of amides is 1. The molecular formula is C24H23F2N3O4S. The van der Waals surface area contributed by atoms with Crippen molar-refractivity contribution in [2.75, 3.05) is 35.1 Å². The molecule has 178 valence electrons. The molecule has 0 saturated carbocycles. The minimum atomic E-state index is -3.94. The van der Waals surface area contributed by atoms with Gasteiger partial charge in [-0.2, -0.15) is 0 Å². The van der Waals surface area contributed by atoms with Gasteiger partial charge in [-0.1, -0.05) is 12.1 Å². The molecule has 0 unspecified atom stereocenters. The van der Waals surface area contributed by atoms with Crippen molar-refractivity contribution in [2.24, 2.45) is 0 Å². The fourth-order valence-corrected chi connectivity index (χ4v) is 4.87. The van der Waals surface area contributed by atoms with E-state index in [0.717, 1.165) is 25.0 Å².